The van der Waals surface area contributed by atoms with Gasteiger partial charge in [-0.3, -0.25) is 24.2 Å². The molecule has 0 spiro atoms. The van der Waals surface area contributed by atoms with Crippen LogP contribution >= 0.6 is 0 Å². The number of carbonyl (C=O) groups excluding carboxylic acids is 3. The van der Waals surface area contributed by atoms with Crippen LogP contribution in [0.3, 0.4) is 0 Å². The maximum Gasteiger partial charge on any atom is 0.326 e. The van der Waals surface area contributed by atoms with Crippen LogP contribution in [-0.4, -0.2) is 81.7 Å². The van der Waals surface area contributed by atoms with E-state index in [-0.39, 0.29) is 37.5 Å². The van der Waals surface area contributed by atoms with Crippen LogP contribution in [-0.2, 0) is 36.8 Å². The second-order valence-electron chi connectivity index (χ2n) is 9.74. The molecule has 0 aliphatic carbocycles. The fourth-order valence-electron chi connectivity index (χ4n) is 3.98. The molecule has 15 nitrogen and oxygen atoms in total. The highest BCUT2D eigenvalue weighted by molar-refractivity contribution is 5.95. The van der Waals surface area contributed by atoms with Crippen LogP contribution < -0.4 is 33.2 Å². The smallest absolute Gasteiger partial charge is 0.326 e. The van der Waals surface area contributed by atoms with Gasteiger partial charge < -0.3 is 48.5 Å². The van der Waals surface area contributed by atoms with Crippen molar-refractivity contribution in [3.8, 4) is 5.75 Å². The van der Waals surface area contributed by atoms with E-state index in [4.69, 9.17) is 17.2 Å². The number of carbonyl (C=O) groups is 5. The second-order valence-corrected chi connectivity index (χ2v) is 9.74. The Bertz CT molecular complexity index is 1280. The van der Waals surface area contributed by atoms with Crippen molar-refractivity contribution in [2.24, 2.45) is 22.2 Å². The fraction of sp³-hybridized carbons (Fsp3) is 0.357. The molecule has 0 heterocycles. The number of aliphatic imine (C=N–C) groups is 1. The molecule has 232 valence electrons. The third-order valence-corrected chi connectivity index (χ3v) is 6.22. The Morgan fingerprint density at radius 1 is 0.744 bits per heavy atom. The molecule has 0 fully saturated rings. The van der Waals surface area contributed by atoms with Crippen molar-refractivity contribution in [1.29, 1.82) is 0 Å². The number of amides is 3. The van der Waals surface area contributed by atoms with E-state index in [0.29, 0.717) is 17.5 Å². The number of carboxylic acids is 2. The van der Waals surface area contributed by atoms with Gasteiger partial charge in [0.25, 0.3) is 0 Å². The first-order chi connectivity index (χ1) is 20.3. The Morgan fingerprint density at radius 3 is 1.86 bits per heavy atom. The summed E-state index contributed by atoms with van der Waals surface area (Å²) < 4.78 is 0. The largest absolute Gasteiger partial charge is 0.508 e. The van der Waals surface area contributed by atoms with Crippen molar-refractivity contribution in [3.63, 3.8) is 0 Å². The first-order valence-electron chi connectivity index (χ1n) is 13.3. The number of nitrogens with two attached hydrogens (primary N) is 3. The van der Waals surface area contributed by atoms with E-state index in [0.717, 1.165) is 0 Å². The van der Waals surface area contributed by atoms with Gasteiger partial charge in [-0.05, 0) is 36.1 Å². The highest BCUT2D eigenvalue weighted by atomic mass is 16.4. The molecule has 0 aliphatic rings. The highest BCUT2D eigenvalue weighted by Gasteiger charge is 2.31. The number of rotatable bonds is 17. The SMILES string of the molecule is NC(N)=NCCCC(N)C(=O)NC(CC(=O)O)C(=O)NC(Cc1ccccc1)C(=O)NC(Cc1ccc(O)cc1)C(=O)O. The number of benzene rings is 2. The minimum atomic E-state index is -1.59. The molecule has 43 heavy (non-hydrogen) atoms. The zero-order valence-corrected chi connectivity index (χ0v) is 23.3. The Hall–Kier alpha value is -5.18. The summed E-state index contributed by atoms with van der Waals surface area (Å²) in [5.74, 6) is -5.50. The molecule has 2 rings (SSSR count). The molecule has 4 atom stereocenters. The molecule has 4 unspecified atom stereocenters. The summed E-state index contributed by atoms with van der Waals surface area (Å²) >= 11 is 0. The van der Waals surface area contributed by atoms with Gasteiger partial charge in [-0.1, -0.05) is 42.5 Å². The summed E-state index contributed by atoms with van der Waals surface area (Å²) in [4.78, 5) is 66.4. The predicted molar refractivity (Wildman–Crippen MR) is 156 cm³/mol. The van der Waals surface area contributed by atoms with E-state index in [9.17, 15) is 39.3 Å². The molecule has 3 amide bonds. The van der Waals surface area contributed by atoms with E-state index in [2.05, 4.69) is 20.9 Å². The van der Waals surface area contributed by atoms with Crippen molar-refractivity contribution in [1.82, 2.24) is 16.0 Å². The lowest BCUT2D eigenvalue weighted by atomic mass is 10.0. The number of hydrogen-bond donors (Lipinski definition) is 9. The molecule has 2 aromatic carbocycles. The fourth-order valence-corrected chi connectivity index (χ4v) is 3.98. The lowest BCUT2D eigenvalue weighted by Gasteiger charge is -2.25. The molecule has 0 aromatic heterocycles. The van der Waals surface area contributed by atoms with Gasteiger partial charge >= 0.3 is 11.9 Å². The van der Waals surface area contributed by atoms with E-state index in [1.807, 2.05) is 0 Å². The van der Waals surface area contributed by atoms with Gasteiger partial charge in [0.05, 0.1) is 12.5 Å². The number of aliphatic carboxylic acids is 2. The van der Waals surface area contributed by atoms with Gasteiger partial charge in [-0.2, -0.15) is 0 Å². The van der Waals surface area contributed by atoms with Crippen molar-refractivity contribution >= 4 is 35.6 Å². The summed E-state index contributed by atoms with van der Waals surface area (Å²) in [6.07, 6.45) is -0.512. The zero-order valence-electron chi connectivity index (χ0n) is 23.3. The highest BCUT2D eigenvalue weighted by Crippen LogP contribution is 2.12. The molecular weight excluding hydrogens is 562 g/mol. The van der Waals surface area contributed by atoms with Gasteiger partial charge in [-0.15, -0.1) is 0 Å². The number of hydrogen-bond acceptors (Lipinski definition) is 8. The molecular formula is C28H37N7O8. The minimum Gasteiger partial charge on any atom is -0.508 e. The minimum absolute atomic E-state index is 0.0137. The van der Waals surface area contributed by atoms with Crippen LogP contribution in [0.5, 0.6) is 5.75 Å². The lowest BCUT2D eigenvalue weighted by Crippen LogP contribution is -2.58. The molecule has 0 saturated carbocycles. The zero-order chi connectivity index (χ0) is 31.9. The standard InChI is InChI=1S/C28H37N7O8/c29-19(7-4-12-32-28(30)31)24(39)33-21(15-23(37)38)26(41)34-20(13-16-5-2-1-3-6-16)25(40)35-22(27(42)43)14-17-8-10-18(36)11-9-17/h1-3,5-6,8-11,19-22,36H,4,7,12-15,29H2,(H,33,39)(H,34,41)(H,35,40)(H,37,38)(H,42,43)(H4,30,31,32). The Labute approximate surface area is 247 Å². The lowest BCUT2D eigenvalue weighted by molar-refractivity contribution is -0.143. The Balaban J connectivity index is 2.20. The Kier molecular flexibility index (Phi) is 13.4. The summed E-state index contributed by atoms with van der Waals surface area (Å²) in [5, 5.41) is 35.8. The van der Waals surface area contributed by atoms with Crippen molar-refractivity contribution < 1.29 is 39.3 Å². The van der Waals surface area contributed by atoms with Crippen molar-refractivity contribution in [2.75, 3.05) is 6.54 Å². The van der Waals surface area contributed by atoms with Crippen LogP contribution in [0.15, 0.2) is 59.6 Å². The number of nitrogens with zero attached hydrogens (tertiary/aromatic N) is 1. The third-order valence-electron chi connectivity index (χ3n) is 6.22. The summed E-state index contributed by atoms with van der Waals surface area (Å²) in [6.45, 7) is 0.211. The van der Waals surface area contributed by atoms with E-state index in [1.165, 1.54) is 24.3 Å². The van der Waals surface area contributed by atoms with Gasteiger partial charge in [-0.25, -0.2) is 4.79 Å². The number of carboxylic acid groups (broad SMARTS) is 2. The molecule has 0 aliphatic heterocycles. The van der Waals surface area contributed by atoms with Gasteiger partial charge in [0.15, 0.2) is 5.96 Å². The number of nitrogens with one attached hydrogen (secondary N) is 3. The van der Waals surface area contributed by atoms with Crippen LogP contribution in [0.1, 0.15) is 30.4 Å². The van der Waals surface area contributed by atoms with Crippen LogP contribution in [0.4, 0.5) is 0 Å². The first-order valence-corrected chi connectivity index (χ1v) is 13.3. The normalized spacial score (nSPS) is 13.4. The maximum atomic E-state index is 13.3. The molecule has 0 saturated heterocycles. The topological polar surface area (TPSA) is 273 Å². The van der Waals surface area contributed by atoms with E-state index >= 15 is 0 Å². The van der Waals surface area contributed by atoms with Gasteiger partial charge in [0, 0.05) is 19.4 Å². The van der Waals surface area contributed by atoms with Crippen LogP contribution in [0.25, 0.3) is 0 Å². The first kappa shape index (κ1) is 34.0. The average Bonchev–Trinajstić information content (AvgIpc) is 2.95. The molecule has 2 aromatic rings. The van der Waals surface area contributed by atoms with Crippen LogP contribution in [0.2, 0.25) is 0 Å². The summed E-state index contributed by atoms with van der Waals surface area (Å²) in [6, 6.07) is 8.89. The van der Waals surface area contributed by atoms with E-state index in [1.54, 1.807) is 30.3 Å². The number of aromatic hydroxyl groups is 1. The molecule has 0 bridgehead atoms. The second kappa shape index (κ2) is 16.9. The van der Waals surface area contributed by atoms with E-state index < -0.39 is 60.2 Å². The quantitative estimate of drug-likeness (QED) is 0.0577. The monoisotopic (exact) mass is 599 g/mol. The number of phenols is 1. The predicted octanol–water partition coefficient (Wildman–Crippen LogP) is -1.43. The van der Waals surface area contributed by atoms with Crippen molar-refractivity contribution in [2.45, 2.75) is 56.3 Å². The molecule has 0 radical (unpaired) electrons. The van der Waals surface area contributed by atoms with Gasteiger partial charge in [0.2, 0.25) is 17.7 Å². The van der Waals surface area contributed by atoms with Crippen molar-refractivity contribution in [3.05, 3.63) is 65.7 Å². The van der Waals surface area contributed by atoms with Gasteiger partial charge in [0.1, 0.15) is 23.9 Å². The molecule has 15 heteroatoms. The number of guanidine groups is 1. The third kappa shape index (κ3) is 12.5. The Morgan fingerprint density at radius 2 is 1.28 bits per heavy atom. The summed E-state index contributed by atoms with van der Waals surface area (Å²) in [7, 11) is 0. The molecule has 12 N–H and O–H groups in total. The maximum absolute atomic E-state index is 13.3. The van der Waals surface area contributed by atoms with Crippen LogP contribution in [0, 0.1) is 0 Å². The number of phenolic OH excluding ortho intramolecular Hbond substituents is 1. The summed E-state index contributed by atoms with van der Waals surface area (Å²) in [5.41, 5.74) is 17.5. The average molecular weight is 600 g/mol.